The molecule has 11 heteroatoms. The first-order valence-electron chi connectivity index (χ1n) is 4.80. The summed E-state index contributed by atoms with van der Waals surface area (Å²) in [5, 5.41) is 15.8. The van der Waals surface area contributed by atoms with Crippen molar-refractivity contribution >= 4 is 26.4 Å². The molecule has 0 bridgehead atoms. The van der Waals surface area contributed by atoms with Gasteiger partial charge in [0, 0.05) is 6.54 Å². The van der Waals surface area contributed by atoms with Crippen molar-refractivity contribution in [3.8, 4) is 0 Å². The minimum atomic E-state index is -4.26. The van der Waals surface area contributed by atoms with Crippen LogP contribution in [0.1, 0.15) is 13.3 Å². The van der Waals surface area contributed by atoms with E-state index >= 15 is 0 Å². The SMILES string of the molecule is CC(O)C(=O)O.NCCOP(=O)(O)O.O=CCC=O. The maximum absolute atomic E-state index is 9.81. The van der Waals surface area contributed by atoms with Crippen molar-refractivity contribution in [3.05, 3.63) is 0 Å². The summed E-state index contributed by atoms with van der Waals surface area (Å²) in [4.78, 5) is 43.8. The van der Waals surface area contributed by atoms with E-state index in [-0.39, 0.29) is 19.6 Å². The van der Waals surface area contributed by atoms with Gasteiger partial charge in [-0.05, 0) is 6.92 Å². The number of aliphatic hydroxyl groups is 1. The standard InChI is InChI=1S/C3H6O3.C3H4O2.C2H8NO4P/c1-2(4)3(5)6;4-2-1-3-5;3-1-2-7-8(4,5)6/h2,4H,1H3,(H,5,6);2-3H,1H2;1-3H2,(H2,4,5,6). The molecule has 10 nitrogen and oxygen atoms in total. The third-order valence-corrected chi connectivity index (χ3v) is 1.45. The molecule has 1 unspecified atom stereocenters. The van der Waals surface area contributed by atoms with Crippen LogP contribution >= 0.6 is 7.82 Å². The highest BCUT2D eigenvalue weighted by molar-refractivity contribution is 7.46. The highest BCUT2D eigenvalue weighted by atomic mass is 31.2. The van der Waals surface area contributed by atoms with E-state index in [4.69, 9.17) is 25.7 Å². The predicted octanol–water partition coefficient (Wildman–Crippen LogP) is -1.72. The van der Waals surface area contributed by atoms with Crippen molar-refractivity contribution in [3.63, 3.8) is 0 Å². The first kappa shape index (κ1) is 23.0. The van der Waals surface area contributed by atoms with Crippen LogP contribution in [0.4, 0.5) is 0 Å². The number of rotatable bonds is 6. The number of nitrogens with two attached hydrogens (primary N) is 1. The van der Waals surface area contributed by atoms with E-state index in [1.807, 2.05) is 0 Å². The lowest BCUT2D eigenvalue weighted by atomic mass is 10.4. The van der Waals surface area contributed by atoms with Crippen LogP contribution in [-0.4, -0.2) is 57.8 Å². The average Bonchev–Trinajstić information content (AvgIpc) is 2.28. The molecule has 0 rings (SSSR count). The maximum atomic E-state index is 9.81. The maximum Gasteiger partial charge on any atom is 0.469 e. The topological polar surface area (TPSA) is 184 Å². The molecule has 1 atom stereocenters. The Balaban J connectivity index is -0.000000209. The molecule has 0 aliphatic heterocycles. The Bertz CT molecular complexity index is 282. The molecular weight excluding hydrogens is 285 g/mol. The van der Waals surface area contributed by atoms with Gasteiger partial charge in [-0.2, -0.15) is 0 Å². The van der Waals surface area contributed by atoms with E-state index in [0.29, 0.717) is 12.6 Å². The second-order valence-corrected chi connectivity index (χ2v) is 3.94. The Morgan fingerprint density at radius 1 is 1.37 bits per heavy atom. The molecule has 114 valence electrons. The quantitative estimate of drug-likeness (QED) is 0.215. The molecule has 0 heterocycles. The number of aliphatic hydroxyl groups excluding tert-OH is 1. The van der Waals surface area contributed by atoms with Crippen LogP contribution in [0, 0.1) is 0 Å². The van der Waals surface area contributed by atoms with Gasteiger partial charge < -0.3 is 35.3 Å². The minimum absolute atomic E-state index is 0.0278. The Morgan fingerprint density at radius 3 is 1.79 bits per heavy atom. The molecule has 0 aliphatic carbocycles. The molecule has 0 saturated carbocycles. The van der Waals surface area contributed by atoms with Gasteiger partial charge in [-0.1, -0.05) is 0 Å². The fourth-order valence-corrected chi connectivity index (χ4v) is 0.554. The van der Waals surface area contributed by atoms with Gasteiger partial charge in [0.25, 0.3) is 0 Å². The number of aldehydes is 2. The highest BCUT2D eigenvalue weighted by Crippen LogP contribution is 2.34. The first-order chi connectivity index (χ1) is 8.62. The molecule has 0 aromatic carbocycles. The number of hydrogen-bond donors (Lipinski definition) is 5. The molecule has 0 radical (unpaired) electrons. The highest BCUT2D eigenvalue weighted by Gasteiger charge is 2.11. The normalized spacial score (nSPS) is 11.0. The lowest BCUT2D eigenvalue weighted by Crippen LogP contribution is -2.13. The zero-order valence-corrected chi connectivity index (χ0v) is 11.1. The number of carbonyl (C=O) groups is 3. The van der Waals surface area contributed by atoms with E-state index in [2.05, 4.69) is 4.52 Å². The molecule has 0 amide bonds. The van der Waals surface area contributed by atoms with Crippen molar-refractivity contribution < 1.29 is 43.5 Å². The number of carboxylic acid groups (broad SMARTS) is 1. The fraction of sp³-hybridized carbons (Fsp3) is 0.625. The number of aliphatic carboxylic acids is 1. The van der Waals surface area contributed by atoms with Crippen molar-refractivity contribution in [2.75, 3.05) is 13.2 Å². The van der Waals surface area contributed by atoms with Gasteiger partial charge in [0.15, 0.2) is 0 Å². The third-order valence-electron chi connectivity index (χ3n) is 0.927. The summed E-state index contributed by atoms with van der Waals surface area (Å²) in [5.41, 5.74) is 4.87. The summed E-state index contributed by atoms with van der Waals surface area (Å²) in [6, 6.07) is 0. The van der Waals surface area contributed by atoms with Crippen LogP contribution in [-0.2, 0) is 23.5 Å². The number of hydrogen-bond acceptors (Lipinski definition) is 7. The van der Waals surface area contributed by atoms with E-state index in [9.17, 15) is 18.9 Å². The minimum Gasteiger partial charge on any atom is -0.479 e. The van der Waals surface area contributed by atoms with Gasteiger partial charge in [-0.25, -0.2) is 9.36 Å². The van der Waals surface area contributed by atoms with E-state index in [1.54, 1.807) is 0 Å². The first-order valence-corrected chi connectivity index (χ1v) is 6.33. The summed E-state index contributed by atoms with van der Waals surface area (Å²) >= 11 is 0. The van der Waals surface area contributed by atoms with Crippen LogP contribution in [0.5, 0.6) is 0 Å². The largest absolute Gasteiger partial charge is 0.479 e. The molecule has 0 aromatic rings. The summed E-state index contributed by atoms with van der Waals surface area (Å²) in [6.45, 7) is 1.21. The van der Waals surface area contributed by atoms with E-state index < -0.39 is 19.9 Å². The van der Waals surface area contributed by atoms with Crippen LogP contribution in [0.3, 0.4) is 0 Å². The molecule has 0 saturated heterocycles. The lowest BCUT2D eigenvalue weighted by molar-refractivity contribution is -0.145. The third kappa shape index (κ3) is 38.3. The van der Waals surface area contributed by atoms with E-state index in [1.165, 1.54) is 6.92 Å². The Labute approximate surface area is 109 Å². The molecular formula is C8H18NO9P. The predicted molar refractivity (Wildman–Crippen MR) is 63.1 cm³/mol. The Morgan fingerprint density at radius 2 is 1.74 bits per heavy atom. The number of carbonyl (C=O) groups excluding carboxylic acids is 2. The van der Waals surface area contributed by atoms with Gasteiger partial charge in [0.1, 0.15) is 18.7 Å². The monoisotopic (exact) mass is 303 g/mol. The zero-order valence-electron chi connectivity index (χ0n) is 10.2. The molecule has 19 heavy (non-hydrogen) atoms. The smallest absolute Gasteiger partial charge is 0.469 e. The second-order valence-electron chi connectivity index (χ2n) is 2.70. The van der Waals surface area contributed by atoms with Gasteiger partial charge in [0.05, 0.1) is 13.0 Å². The second kappa shape index (κ2) is 14.9. The van der Waals surface area contributed by atoms with Gasteiger partial charge in [-0.3, -0.25) is 4.52 Å². The molecule has 0 aromatic heterocycles. The summed E-state index contributed by atoms with van der Waals surface area (Å²) in [7, 11) is -4.26. The van der Waals surface area contributed by atoms with Crippen LogP contribution < -0.4 is 5.73 Å². The molecule has 0 spiro atoms. The van der Waals surface area contributed by atoms with Crippen molar-refractivity contribution in [2.24, 2.45) is 5.73 Å². The van der Waals surface area contributed by atoms with Gasteiger partial charge >= 0.3 is 13.8 Å². The molecule has 0 fully saturated rings. The fourth-order valence-electron chi connectivity index (χ4n) is 0.211. The number of phosphoric ester groups is 1. The summed E-state index contributed by atoms with van der Waals surface area (Å²) in [5.74, 6) is -1.19. The van der Waals surface area contributed by atoms with E-state index in [0.717, 1.165) is 0 Å². The van der Waals surface area contributed by atoms with Gasteiger partial charge in [-0.15, -0.1) is 0 Å². The van der Waals surface area contributed by atoms with Crippen molar-refractivity contribution in [1.29, 1.82) is 0 Å². The number of phosphoric acid groups is 1. The Kier molecular flexibility index (Phi) is 18.0. The van der Waals surface area contributed by atoms with Crippen LogP contribution in [0.15, 0.2) is 0 Å². The lowest BCUT2D eigenvalue weighted by Gasteiger charge is -2.00. The molecule has 0 aliphatic rings. The van der Waals surface area contributed by atoms with Crippen molar-refractivity contribution in [1.82, 2.24) is 0 Å². The Hall–Kier alpha value is -1.16. The zero-order chi connectivity index (χ0) is 15.9. The number of carboxylic acids is 1. The van der Waals surface area contributed by atoms with Crippen LogP contribution in [0.25, 0.3) is 0 Å². The van der Waals surface area contributed by atoms with Crippen LogP contribution in [0.2, 0.25) is 0 Å². The van der Waals surface area contributed by atoms with Crippen molar-refractivity contribution in [2.45, 2.75) is 19.4 Å². The average molecular weight is 303 g/mol. The molecule has 6 N–H and O–H groups in total. The summed E-state index contributed by atoms with van der Waals surface area (Å²) < 4.78 is 13.7. The summed E-state index contributed by atoms with van der Waals surface area (Å²) in [6.07, 6.45) is -0.0787. The van der Waals surface area contributed by atoms with Gasteiger partial charge in [0.2, 0.25) is 0 Å².